The standard InChI is InChI=1S/C10H22N2O/c1-8(2)12-10(4,5)6-9(3)11-7-13/h7-9,12H,6H2,1-5H3,(H,11,13). The Bertz CT molecular complexity index is 155. The second kappa shape index (κ2) is 5.22. The van der Waals surface area contributed by atoms with Crippen molar-refractivity contribution in [2.45, 2.75) is 58.7 Å². The van der Waals surface area contributed by atoms with Crippen molar-refractivity contribution >= 4 is 6.41 Å². The smallest absolute Gasteiger partial charge is 0.207 e. The predicted molar refractivity (Wildman–Crippen MR) is 55.6 cm³/mol. The highest BCUT2D eigenvalue weighted by molar-refractivity contribution is 5.46. The van der Waals surface area contributed by atoms with Crippen molar-refractivity contribution in [3.63, 3.8) is 0 Å². The largest absolute Gasteiger partial charge is 0.356 e. The molecular weight excluding hydrogens is 164 g/mol. The first-order valence-electron chi connectivity index (χ1n) is 4.85. The lowest BCUT2D eigenvalue weighted by Gasteiger charge is -2.31. The zero-order valence-electron chi connectivity index (χ0n) is 9.35. The second-order valence-corrected chi connectivity index (χ2v) is 4.57. The van der Waals surface area contributed by atoms with Gasteiger partial charge in [0.25, 0.3) is 0 Å². The van der Waals surface area contributed by atoms with Crippen LogP contribution >= 0.6 is 0 Å². The maximum absolute atomic E-state index is 10.2. The van der Waals surface area contributed by atoms with Gasteiger partial charge in [-0.15, -0.1) is 0 Å². The minimum Gasteiger partial charge on any atom is -0.356 e. The van der Waals surface area contributed by atoms with Crippen molar-refractivity contribution in [1.29, 1.82) is 0 Å². The third-order valence-corrected chi connectivity index (χ3v) is 1.85. The minimum atomic E-state index is 0.0730. The van der Waals surface area contributed by atoms with Gasteiger partial charge in [0.1, 0.15) is 0 Å². The summed E-state index contributed by atoms with van der Waals surface area (Å²) in [6.07, 6.45) is 1.69. The first-order chi connectivity index (χ1) is 5.87. The van der Waals surface area contributed by atoms with E-state index in [9.17, 15) is 4.79 Å². The van der Waals surface area contributed by atoms with Crippen molar-refractivity contribution in [1.82, 2.24) is 10.6 Å². The van der Waals surface area contributed by atoms with E-state index >= 15 is 0 Å². The molecule has 78 valence electrons. The van der Waals surface area contributed by atoms with E-state index in [1.165, 1.54) is 0 Å². The van der Waals surface area contributed by atoms with Crippen LogP contribution in [0.25, 0.3) is 0 Å². The van der Waals surface area contributed by atoms with Crippen LogP contribution < -0.4 is 10.6 Å². The molecule has 0 saturated carbocycles. The van der Waals surface area contributed by atoms with Crippen LogP contribution in [0.4, 0.5) is 0 Å². The summed E-state index contributed by atoms with van der Waals surface area (Å²) in [5.41, 5.74) is 0.0730. The molecule has 1 atom stereocenters. The average molecular weight is 186 g/mol. The summed E-state index contributed by atoms with van der Waals surface area (Å²) in [4.78, 5) is 10.2. The molecule has 0 aliphatic rings. The van der Waals surface area contributed by atoms with Crippen LogP contribution in [0.1, 0.15) is 41.0 Å². The summed E-state index contributed by atoms with van der Waals surface area (Å²) in [6, 6.07) is 0.692. The first kappa shape index (κ1) is 12.4. The molecule has 0 spiro atoms. The van der Waals surface area contributed by atoms with Gasteiger partial charge in [-0.2, -0.15) is 0 Å². The molecule has 0 aromatic heterocycles. The first-order valence-corrected chi connectivity index (χ1v) is 4.85. The lowest BCUT2D eigenvalue weighted by molar-refractivity contribution is -0.110. The van der Waals surface area contributed by atoms with E-state index in [1.54, 1.807) is 0 Å². The monoisotopic (exact) mass is 186 g/mol. The number of amides is 1. The van der Waals surface area contributed by atoms with Crippen LogP contribution in [0.2, 0.25) is 0 Å². The van der Waals surface area contributed by atoms with Gasteiger partial charge >= 0.3 is 0 Å². The van der Waals surface area contributed by atoms with Crippen LogP contribution in [0, 0.1) is 0 Å². The summed E-state index contributed by atoms with van der Waals surface area (Å²) < 4.78 is 0. The van der Waals surface area contributed by atoms with Gasteiger partial charge in [-0.1, -0.05) is 13.8 Å². The topological polar surface area (TPSA) is 41.1 Å². The molecule has 0 aliphatic carbocycles. The quantitative estimate of drug-likeness (QED) is 0.614. The number of rotatable bonds is 6. The van der Waals surface area contributed by atoms with Gasteiger partial charge in [0.05, 0.1) is 0 Å². The predicted octanol–water partition coefficient (Wildman–Crippen LogP) is 1.29. The highest BCUT2D eigenvalue weighted by Gasteiger charge is 2.20. The van der Waals surface area contributed by atoms with Gasteiger partial charge in [0, 0.05) is 17.6 Å². The number of carbonyl (C=O) groups is 1. The molecule has 0 heterocycles. The molecule has 0 aromatic rings. The van der Waals surface area contributed by atoms with Gasteiger partial charge in [0.2, 0.25) is 6.41 Å². The molecule has 1 amide bonds. The Hall–Kier alpha value is -0.570. The molecule has 0 saturated heterocycles. The van der Waals surface area contributed by atoms with Crippen molar-refractivity contribution in [3.05, 3.63) is 0 Å². The van der Waals surface area contributed by atoms with Crippen LogP contribution in [0.3, 0.4) is 0 Å². The molecule has 0 rings (SSSR count). The van der Waals surface area contributed by atoms with E-state index in [-0.39, 0.29) is 11.6 Å². The van der Waals surface area contributed by atoms with E-state index in [4.69, 9.17) is 0 Å². The maximum atomic E-state index is 10.2. The summed E-state index contributed by atoms with van der Waals surface area (Å²) in [6.45, 7) is 10.6. The summed E-state index contributed by atoms with van der Waals surface area (Å²) in [5.74, 6) is 0. The fraction of sp³-hybridized carbons (Fsp3) is 0.900. The number of hydrogen-bond donors (Lipinski definition) is 2. The molecule has 1 unspecified atom stereocenters. The Kier molecular flexibility index (Phi) is 4.99. The molecule has 0 bridgehead atoms. The van der Waals surface area contributed by atoms with E-state index in [0.717, 1.165) is 12.8 Å². The number of hydrogen-bond acceptors (Lipinski definition) is 2. The van der Waals surface area contributed by atoms with Crippen LogP contribution in [0.5, 0.6) is 0 Å². The van der Waals surface area contributed by atoms with Crippen molar-refractivity contribution < 1.29 is 4.79 Å². The maximum Gasteiger partial charge on any atom is 0.207 e. The van der Waals surface area contributed by atoms with Crippen molar-refractivity contribution in [3.8, 4) is 0 Å². The van der Waals surface area contributed by atoms with Gasteiger partial charge in [-0.25, -0.2) is 0 Å². The van der Waals surface area contributed by atoms with E-state index in [1.807, 2.05) is 6.92 Å². The number of carbonyl (C=O) groups excluding carboxylic acids is 1. The van der Waals surface area contributed by atoms with Crippen LogP contribution in [-0.2, 0) is 4.79 Å². The normalized spacial score (nSPS) is 14.3. The third-order valence-electron chi connectivity index (χ3n) is 1.85. The van der Waals surface area contributed by atoms with Gasteiger partial charge in [0.15, 0.2) is 0 Å². The van der Waals surface area contributed by atoms with E-state index in [0.29, 0.717) is 6.04 Å². The zero-order valence-corrected chi connectivity index (χ0v) is 9.35. The molecule has 3 nitrogen and oxygen atoms in total. The summed E-state index contributed by atoms with van der Waals surface area (Å²) in [5, 5.41) is 6.21. The Balaban J connectivity index is 3.92. The number of nitrogens with one attached hydrogen (secondary N) is 2. The molecule has 2 N–H and O–H groups in total. The molecular formula is C10H22N2O. The third kappa shape index (κ3) is 6.58. The van der Waals surface area contributed by atoms with Crippen molar-refractivity contribution in [2.24, 2.45) is 0 Å². The minimum absolute atomic E-state index is 0.0730. The molecule has 0 fully saturated rings. The lowest BCUT2D eigenvalue weighted by Crippen LogP contribution is -2.47. The lowest BCUT2D eigenvalue weighted by atomic mass is 9.95. The van der Waals surface area contributed by atoms with E-state index < -0.39 is 0 Å². The molecule has 13 heavy (non-hydrogen) atoms. The van der Waals surface area contributed by atoms with Gasteiger partial charge in [-0.3, -0.25) is 4.79 Å². The van der Waals surface area contributed by atoms with E-state index in [2.05, 4.69) is 38.3 Å². The van der Waals surface area contributed by atoms with Crippen LogP contribution in [0.15, 0.2) is 0 Å². The Morgan fingerprint density at radius 3 is 2.23 bits per heavy atom. The Labute approximate surface area is 81.3 Å². The summed E-state index contributed by atoms with van der Waals surface area (Å²) >= 11 is 0. The Morgan fingerprint density at radius 1 is 1.31 bits per heavy atom. The summed E-state index contributed by atoms with van der Waals surface area (Å²) in [7, 11) is 0. The highest BCUT2D eigenvalue weighted by Crippen LogP contribution is 2.11. The van der Waals surface area contributed by atoms with Crippen LogP contribution in [-0.4, -0.2) is 24.0 Å². The van der Waals surface area contributed by atoms with Crippen molar-refractivity contribution in [2.75, 3.05) is 0 Å². The fourth-order valence-corrected chi connectivity index (χ4v) is 1.78. The molecule has 0 aliphatic heterocycles. The second-order valence-electron chi connectivity index (χ2n) is 4.57. The average Bonchev–Trinajstić information content (AvgIpc) is 1.81. The SMILES string of the molecule is CC(C)NC(C)(C)CC(C)NC=O. The molecule has 3 heteroatoms. The highest BCUT2D eigenvalue weighted by atomic mass is 16.1. The molecule has 0 radical (unpaired) electrons. The van der Waals surface area contributed by atoms with Gasteiger partial charge < -0.3 is 10.6 Å². The fourth-order valence-electron chi connectivity index (χ4n) is 1.78. The Morgan fingerprint density at radius 2 is 1.85 bits per heavy atom. The van der Waals surface area contributed by atoms with Gasteiger partial charge in [-0.05, 0) is 27.2 Å². The molecule has 0 aromatic carbocycles. The zero-order chi connectivity index (χ0) is 10.5.